The predicted octanol–water partition coefficient (Wildman–Crippen LogP) is 1.94. The third-order valence-electron chi connectivity index (χ3n) is 1.58. The Bertz CT molecular complexity index is 305. The van der Waals surface area contributed by atoms with Gasteiger partial charge in [-0.25, -0.2) is 4.98 Å². The summed E-state index contributed by atoms with van der Waals surface area (Å²) in [7, 11) is 0. The van der Waals surface area contributed by atoms with Crippen molar-refractivity contribution in [1.29, 1.82) is 0 Å². The van der Waals surface area contributed by atoms with Crippen LogP contribution in [0.3, 0.4) is 0 Å². The average Bonchev–Trinajstić information content (AvgIpc) is 2.21. The van der Waals surface area contributed by atoms with Crippen molar-refractivity contribution in [3.8, 4) is 11.3 Å². The van der Waals surface area contributed by atoms with Crippen LogP contribution in [0.25, 0.3) is 11.3 Å². The summed E-state index contributed by atoms with van der Waals surface area (Å²) in [6, 6.07) is 9.92. The molecule has 0 amide bonds. The monoisotopic (exact) mass is 155 g/mol. The van der Waals surface area contributed by atoms with E-state index in [4.69, 9.17) is 0 Å². The maximum absolute atomic E-state index is 4.06. The molecule has 0 bridgehead atoms. The molecule has 0 spiro atoms. The summed E-state index contributed by atoms with van der Waals surface area (Å²) in [5, 5.41) is 0. The molecule has 12 heavy (non-hydrogen) atoms. The van der Waals surface area contributed by atoms with E-state index < -0.39 is 0 Å². The molecule has 1 radical (unpaired) electrons. The van der Waals surface area contributed by atoms with Crippen molar-refractivity contribution in [3.63, 3.8) is 0 Å². The first-order valence-corrected chi connectivity index (χ1v) is 3.70. The normalized spacial score (nSPS) is 9.67. The lowest BCUT2D eigenvalue weighted by atomic mass is 10.2. The second kappa shape index (κ2) is 3.13. The minimum Gasteiger partial charge on any atom is -0.260 e. The summed E-state index contributed by atoms with van der Waals surface area (Å²) < 4.78 is 0. The highest BCUT2D eigenvalue weighted by Crippen LogP contribution is 2.12. The molecule has 0 fully saturated rings. The molecule has 0 aliphatic heterocycles. The summed E-state index contributed by atoms with van der Waals surface area (Å²) in [6.45, 7) is 0. The molecule has 0 aliphatic carbocycles. The van der Waals surface area contributed by atoms with Gasteiger partial charge >= 0.3 is 0 Å². The molecule has 2 nitrogen and oxygen atoms in total. The van der Waals surface area contributed by atoms with Gasteiger partial charge in [0.25, 0.3) is 0 Å². The lowest BCUT2D eigenvalue weighted by molar-refractivity contribution is 1.19. The molecule has 1 aromatic carbocycles. The van der Waals surface area contributed by atoms with E-state index in [9.17, 15) is 0 Å². The Kier molecular flexibility index (Phi) is 1.82. The Hall–Kier alpha value is -1.70. The molecule has 1 heterocycles. The van der Waals surface area contributed by atoms with Crippen LogP contribution in [-0.2, 0) is 0 Å². The van der Waals surface area contributed by atoms with Crippen LogP contribution in [0.15, 0.2) is 42.7 Å². The highest BCUT2D eigenvalue weighted by Gasteiger charge is 1.94. The number of aromatic nitrogens is 2. The van der Waals surface area contributed by atoms with Crippen molar-refractivity contribution < 1.29 is 0 Å². The molecule has 0 unspecified atom stereocenters. The van der Waals surface area contributed by atoms with Crippen LogP contribution < -0.4 is 0 Å². The van der Waals surface area contributed by atoms with Crippen LogP contribution in [0, 0.1) is 6.20 Å². The standard InChI is InChI=1S/C10H7N2/c1-2-4-9(5-3-1)10-8-11-6-7-12-10/h1-6,8H. The van der Waals surface area contributed by atoms with Crippen LogP contribution in [0.1, 0.15) is 0 Å². The van der Waals surface area contributed by atoms with Gasteiger partial charge in [-0.05, 0) is 0 Å². The van der Waals surface area contributed by atoms with Gasteiger partial charge in [-0.3, -0.25) is 4.98 Å². The van der Waals surface area contributed by atoms with E-state index in [1.807, 2.05) is 30.3 Å². The minimum absolute atomic E-state index is 0.859. The lowest BCUT2D eigenvalue weighted by Crippen LogP contribution is -1.82. The van der Waals surface area contributed by atoms with E-state index in [0.717, 1.165) is 11.3 Å². The summed E-state index contributed by atoms with van der Waals surface area (Å²) in [6.07, 6.45) is 5.97. The molecule has 0 aliphatic rings. The van der Waals surface area contributed by atoms with E-state index in [1.165, 1.54) is 0 Å². The zero-order chi connectivity index (χ0) is 8.23. The van der Waals surface area contributed by atoms with Gasteiger partial charge in [-0.2, -0.15) is 0 Å². The highest BCUT2D eigenvalue weighted by atomic mass is 14.8. The Morgan fingerprint density at radius 2 is 1.92 bits per heavy atom. The van der Waals surface area contributed by atoms with E-state index in [0.29, 0.717) is 0 Å². The van der Waals surface area contributed by atoms with E-state index in [1.54, 1.807) is 12.4 Å². The maximum atomic E-state index is 4.06. The molecular formula is C10H7N2. The molecule has 0 saturated carbocycles. The van der Waals surface area contributed by atoms with Crippen molar-refractivity contribution in [2.75, 3.05) is 0 Å². The maximum Gasteiger partial charge on any atom is 0.109 e. The summed E-state index contributed by atoms with van der Waals surface area (Å²) >= 11 is 0. The van der Waals surface area contributed by atoms with Gasteiger partial charge < -0.3 is 0 Å². The highest BCUT2D eigenvalue weighted by molar-refractivity contribution is 5.57. The first-order chi connectivity index (χ1) is 5.97. The van der Waals surface area contributed by atoms with Crippen LogP contribution in [0.2, 0.25) is 0 Å². The summed E-state index contributed by atoms with van der Waals surface area (Å²) in [5.41, 5.74) is 1.93. The number of nitrogens with zero attached hydrogens (tertiary/aromatic N) is 2. The molecular weight excluding hydrogens is 148 g/mol. The first-order valence-electron chi connectivity index (χ1n) is 3.70. The number of rotatable bonds is 1. The Balaban J connectivity index is 2.46. The zero-order valence-electron chi connectivity index (χ0n) is 6.44. The van der Waals surface area contributed by atoms with E-state index >= 15 is 0 Å². The van der Waals surface area contributed by atoms with Gasteiger partial charge in [0, 0.05) is 5.56 Å². The minimum atomic E-state index is 0.859. The lowest BCUT2D eigenvalue weighted by Gasteiger charge is -1.96. The van der Waals surface area contributed by atoms with Crippen LogP contribution >= 0.6 is 0 Å². The molecule has 0 N–H and O–H groups in total. The Labute approximate surface area is 70.9 Å². The van der Waals surface area contributed by atoms with Gasteiger partial charge in [0.15, 0.2) is 0 Å². The van der Waals surface area contributed by atoms with Crippen molar-refractivity contribution >= 4 is 0 Å². The van der Waals surface area contributed by atoms with Crippen molar-refractivity contribution in [1.82, 2.24) is 9.97 Å². The molecule has 2 heteroatoms. The fourth-order valence-corrected chi connectivity index (χ4v) is 1.02. The molecule has 2 aromatic rings. The average molecular weight is 155 g/mol. The van der Waals surface area contributed by atoms with Gasteiger partial charge in [0.1, 0.15) is 6.20 Å². The quantitative estimate of drug-likeness (QED) is 0.629. The van der Waals surface area contributed by atoms with Gasteiger partial charge in [0.05, 0.1) is 18.1 Å². The van der Waals surface area contributed by atoms with Crippen molar-refractivity contribution in [2.45, 2.75) is 0 Å². The fraction of sp³-hybridized carbons (Fsp3) is 0. The summed E-state index contributed by atoms with van der Waals surface area (Å²) in [5.74, 6) is 0. The third-order valence-corrected chi connectivity index (χ3v) is 1.58. The molecule has 0 saturated heterocycles. The zero-order valence-corrected chi connectivity index (χ0v) is 6.44. The third kappa shape index (κ3) is 1.32. The van der Waals surface area contributed by atoms with Crippen LogP contribution in [0.4, 0.5) is 0 Å². The predicted molar refractivity (Wildman–Crippen MR) is 46.3 cm³/mol. The molecule has 57 valence electrons. The first kappa shape index (κ1) is 6.98. The molecule has 1 aromatic heterocycles. The topological polar surface area (TPSA) is 25.8 Å². The number of benzene rings is 1. The van der Waals surface area contributed by atoms with Crippen molar-refractivity contribution in [2.24, 2.45) is 0 Å². The van der Waals surface area contributed by atoms with Gasteiger partial charge in [-0.1, -0.05) is 30.3 Å². The Morgan fingerprint density at radius 1 is 1.08 bits per heavy atom. The van der Waals surface area contributed by atoms with E-state index in [-0.39, 0.29) is 0 Å². The molecule has 0 atom stereocenters. The fourth-order valence-electron chi connectivity index (χ4n) is 1.02. The second-order valence-electron chi connectivity index (χ2n) is 2.40. The van der Waals surface area contributed by atoms with Crippen molar-refractivity contribution in [3.05, 3.63) is 48.9 Å². The van der Waals surface area contributed by atoms with Crippen LogP contribution in [-0.4, -0.2) is 9.97 Å². The molecule has 2 rings (SSSR count). The number of hydrogen-bond donors (Lipinski definition) is 0. The van der Waals surface area contributed by atoms with Crippen LogP contribution in [0.5, 0.6) is 0 Å². The largest absolute Gasteiger partial charge is 0.260 e. The summed E-state index contributed by atoms with van der Waals surface area (Å²) in [4.78, 5) is 8.00. The smallest absolute Gasteiger partial charge is 0.109 e. The van der Waals surface area contributed by atoms with Gasteiger partial charge in [-0.15, -0.1) is 0 Å². The Morgan fingerprint density at radius 3 is 2.58 bits per heavy atom. The van der Waals surface area contributed by atoms with E-state index in [2.05, 4.69) is 16.2 Å². The second-order valence-corrected chi connectivity index (χ2v) is 2.40. The number of hydrogen-bond acceptors (Lipinski definition) is 2. The van der Waals surface area contributed by atoms with Gasteiger partial charge in [0.2, 0.25) is 0 Å². The SMILES string of the molecule is [c]1cncc(-c2ccccc2)n1.